The van der Waals surface area contributed by atoms with Gasteiger partial charge in [-0.25, -0.2) is 12.7 Å². The number of amides is 2. The molecule has 2 aromatic rings. The summed E-state index contributed by atoms with van der Waals surface area (Å²) in [7, 11) is -0.660. The molecule has 0 radical (unpaired) electrons. The van der Waals surface area contributed by atoms with Gasteiger partial charge >= 0.3 is 0 Å². The van der Waals surface area contributed by atoms with E-state index < -0.39 is 15.3 Å². The first-order valence-electron chi connectivity index (χ1n) is 8.47. The Kier molecular flexibility index (Phi) is 7.22. The number of hydrogen-bond acceptors (Lipinski definition) is 5. The molecule has 0 aliphatic carbocycles. The maximum absolute atomic E-state index is 12.5. The number of carbonyl (C=O) groups is 2. The smallest absolute Gasteiger partial charge is 0.242 e. The quantitative estimate of drug-likeness (QED) is 0.670. The lowest BCUT2D eigenvalue weighted by molar-refractivity contribution is -0.115. The molecule has 0 aromatic heterocycles. The molecule has 150 valence electrons. The largest absolute Gasteiger partial charge is 0.326 e. The van der Waals surface area contributed by atoms with Gasteiger partial charge in [0.1, 0.15) is 0 Å². The van der Waals surface area contributed by atoms with Gasteiger partial charge in [0, 0.05) is 37.3 Å². The fraction of sp³-hybridized carbons (Fsp3) is 0.263. The molecule has 2 N–H and O–H groups in total. The van der Waals surface area contributed by atoms with Crippen LogP contribution in [0.15, 0.2) is 58.3 Å². The van der Waals surface area contributed by atoms with Crippen LogP contribution in [-0.2, 0) is 19.6 Å². The van der Waals surface area contributed by atoms with Crippen LogP contribution in [0.3, 0.4) is 0 Å². The van der Waals surface area contributed by atoms with E-state index in [0.717, 1.165) is 9.20 Å². The Labute approximate surface area is 169 Å². The number of nitrogens with one attached hydrogen (secondary N) is 2. The van der Waals surface area contributed by atoms with Crippen molar-refractivity contribution in [2.45, 2.75) is 28.9 Å². The SMILES string of the molecule is CC(=O)Nc1ccc(S[C@H](C)C(=O)Nc2cccc(S(=O)(=O)N(C)C)c2)cc1. The summed E-state index contributed by atoms with van der Waals surface area (Å²) in [6.07, 6.45) is 0. The summed E-state index contributed by atoms with van der Waals surface area (Å²) in [6, 6.07) is 13.3. The molecular formula is C19H23N3O4S2. The Morgan fingerprint density at radius 1 is 1.00 bits per heavy atom. The van der Waals surface area contributed by atoms with Crippen LogP contribution in [0.1, 0.15) is 13.8 Å². The fourth-order valence-electron chi connectivity index (χ4n) is 2.27. The van der Waals surface area contributed by atoms with Crippen molar-refractivity contribution in [3.8, 4) is 0 Å². The first-order chi connectivity index (χ1) is 13.1. The Morgan fingerprint density at radius 2 is 1.64 bits per heavy atom. The van der Waals surface area contributed by atoms with Crippen molar-refractivity contribution in [3.05, 3.63) is 48.5 Å². The Balaban J connectivity index is 2.04. The van der Waals surface area contributed by atoms with Crippen molar-refractivity contribution in [2.75, 3.05) is 24.7 Å². The minimum Gasteiger partial charge on any atom is -0.326 e. The van der Waals surface area contributed by atoms with Crippen molar-refractivity contribution in [1.82, 2.24) is 4.31 Å². The molecule has 2 amide bonds. The summed E-state index contributed by atoms with van der Waals surface area (Å²) < 4.78 is 25.6. The van der Waals surface area contributed by atoms with E-state index in [-0.39, 0.29) is 16.7 Å². The lowest BCUT2D eigenvalue weighted by atomic mass is 10.3. The van der Waals surface area contributed by atoms with Crippen LogP contribution in [0.2, 0.25) is 0 Å². The van der Waals surface area contributed by atoms with Crippen LogP contribution >= 0.6 is 11.8 Å². The Bertz CT molecular complexity index is 957. The summed E-state index contributed by atoms with van der Waals surface area (Å²) >= 11 is 1.36. The lowest BCUT2D eigenvalue weighted by Gasteiger charge is -2.15. The highest BCUT2D eigenvalue weighted by Crippen LogP contribution is 2.26. The standard InChI is InChI=1S/C19H23N3O4S2/c1-13(27-17-10-8-15(9-11-17)20-14(2)23)19(24)21-16-6-5-7-18(12-16)28(25,26)22(3)4/h5-13H,1-4H3,(H,20,23)(H,21,24)/t13-/m1/s1. The first-order valence-corrected chi connectivity index (χ1v) is 10.8. The van der Waals surface area contributed by atoms with E-state index in [1.54, 1.807) is 31.2 Å². The van der Waals surface area contributed by atoms with Crippen LogP contribution in [0.5, 0.6) is 0 Å². The molecular weight excluding hydrogens is 398 g/mol. The Morgan fingerprint density at radius 3 is 2.21 bits per heavy atom. The molecule has 0 heterocycles. The van der Waals surface area contributed by atoms with E-state index in [0.29, 0.717) is 11.4 Å². The van der Waals surface area contributed by atoms with Gasteiger partial charge in [0.25, 0.3) is 0 Å². The zero-order chi connectivity index (χ0) is 20.9. The van der Waals surface area contributed by atoms with Crippen molar-refractivity contribution in [1.29, 1.82) is 0 Å². The van der Waals surface area contributed by atoms with Crippen molar-refractivity contribution in [3.63, 3.8) is 0 Å². The zero-order valence-electron chi connectivity index (χ0n) is 16.1. The molecule has 2 aromatic carbocycles. The van der Waals surface area contributed by atoms with Gasteiger partial charge in [-0.15, -0.1) is 11.8 Å². The van der Waals surface area contributed by atoms with Crippen LogP contribution in [0, 0.1) is 0 Å². The summed E-state index contributed by atoms with van der Waals surface area (Å²) in [4.78, 5) is 24.5. The zero-order valence-corrected chi connectivity index (χ0v) is 17.7. The number of sulfonamides is 1. The van der Waals surface area contributed by atoms with Crippen LogP contribution in [0.25, 0.3) is 0 Å². The lowest BCUT2D eigenvalue weighted by Crippen LogP contribution is -2.24. The predicted octanol–water partition coefficient (Wildman–Crippen LogP) is 3.01. The Hall–Kier alpha value is -2.36. The first kappa shape index (κ1) is 21.9. The van der Waals surface area contributed by atoms with Gasteiger partial charge < -0.3 is 10.6 Å². The van der Waals surface area contributed by atoms with Gasteiger partial charge in [0.05, 0.1) is 10.1 Å². The van der Waals surface area contributed by atoms with E-state index >= 15 is 0 Å². The molecule has 0 saturated heterocycles. The van der Waals surface area contributed by atoms with Gasteiger partial charge in [0.2, 0.25) is 21.8 Å². The number of benzene rings is 2. The third kappa shape index (κ3) is 5.82. The number of nitrogens with zero attached hydrogens (tertiary/aromatic N) is 1. The molecule has 0 spiro atoms. The third-order valence-electron chi connectivity index (χ3n) is 3.74. The summed E-state index contributed by atoms with van der Waals surface area (Å²) in [5.41, 5.74) is 1.11. The maximum Gasteiger partial charge on any atom is 0.242 e. The number of thioether (sulfide) groups is 1. The van der Waals surface area contributed by atoms with Gasteiger partial charge in [-0.05, 0) is 49.4 Å². The monoisotopic (exact) mass is 421 g/mol. The van der Waals surface area contributed by atoms with Gasteiger partial charge in [-0.1, -0.05) is 6.07 Å². The fourth-order valence-corrected chi connectivity index (χ4v) is 4.08. The molecule has 28 heavy (non-hydrogen) atoms. The van der Waals surface area contributed by atoms with Crippen molar-refractivity contribution < 1.29 is 18.0 Å². The van der Waals surface area contributed by atoms with Crippen LogP contribution in [-0.4, -0.2) is 43.9 Å². The van der Waals surface area contributed by atoms with Gasteiger partial charge in [-0.2, -0.15) is 0 Å². The van der Waals surface area contributed by atoms with E-state index in [9.17, 15) is 18.0 Å². The van der Waals surface area contributed by atoms with Crippen LogP contribution < -0.4 is 10.6 Å². The van der Waals surface area contributed by atoms with E-state index in [1.807, 2.05) is 12.1 Å². The predicted molar refractivity (Wildman–Crippen MR) is 112 cm³/mol. The average molecular weight is 422 g/mol. The number of anilines is 2. The summed E-state index contributed by atoms with van der Waals surface area (Å²) in [5, 5.41) is 5.04. The highest BCUT2D eigenvalue weighted by molar-refractivity contribution is 8.00. The second-order valence-corrected chi connectivity index (χ2v) is 9.84. The average Bonchev–Trinajstić information content (AvgIpc) is 2.63. The minimum absolute atomic E-state index is 0.115. The molecule has 0 bridgehead atoms. The highest BCUT2D eigenvalue weighted by Gasteiger charge is 2.19. The van der Waals surface area contributed by atoms with Crippen LogP contribution in [0.4, 0.5) is 11.4 Å². The number of hydrogen-bond donors (Lipinski definition) is 2. The normalized spacial score (nSPS) is 12.5. The van der Waals surface area contributed by atoms with E-state index in [2.05, 4.69) is 10.6 Å². The molecule has 0 aliphatic rings. The van der Waals surface area contributed by atoms with E-state index in [1.165, 1.54) is 44.9 Å². The topological polar surface area (TPSA) is 95.6 Å². The third-order valence-corrected chi connectivity index (χ3v) is 6.66. The second-order valence-electron chi connectivity index (χ2n) is 6.27. The minimum atomic E-state index is -3.57. The summed E-state index contributed by atoms with van der Waals surface area (Å²) in [5.74, 6) is -0.387. The summed E-state index contributed by atoms with van der Waals surface area (Å²) in [6.45, 7) is 3.20. The second kappa shape index (κ2) is 9.22. The molecule has 1 atom stereocenters. The van der Waals surface area contributed by atoms with Crippen molar-refractivity contribution >= 4 is 45.0 Å². The van der Waals surface area contributed by atoms with Gasteiger partial charge in [0.15, 0.2) is 0 Å². The molecule has 2 rings (SSSR count). The number of rotatable bonds is 7. The van der Waals surface area contributed by atoms with E-state index in [4.69, 9.17) is 0 Å². The number of carbonyl (C=O) groups excluding carboxylic acids is 2. The molecule has 9 heteroatoms. The maximum atomic E-state index is 12.5. The highest BCUT2D eigenvalue weighted by atomic mass is 32.2. The molecule has 0 fully saturated rings. The molecule has 0 saturated carbocycles. The van der Waals surface area contributed by atoms with Gasteiger partial charge in [-0.3, -0.25) is 9.59 Å². The molecule has 7 nitrogen and oxygen atoms in total. The molecule has 0 aliphatic heterocycles. The van der Waals surface area contributed by atoms with Crippen molar-refractivity contribution in [2.24, 2.45) is 0 Å². The molecule has 0 unspecified atom stereocenters.